The molecule has 4 rings (SSSR count). The van der Waals surface area contributed by atoms with Crippen molar-refractivity contribution >= 4 is 22.8 Å². The highest BCUT2D eigenvalue weighted by Crippen LogP contribution is 2.36. The van der Waals surface area contributed by atoms with E-state index in [4.69, 9.17) is 0 Å². The average Bonchev–Trinajstić information content (AvgIpc) is 3.24. The van der Waals surface area contributed by atoms with Crippen molar-refractivity contribution in [1.29, 1.82) is 0 Å². The van der Waals surface area contributed by atoms with E-state index >= 15 is 0 Å². The number of imidazole rings is 1. The van der Waals surface area contributed by atoms with Gasteiger partial charge in [0.25, 0.3) is 5.91 Å². The Morgan fingerprint density at radius 3 is 2.88 bits per heavy atom. The Labute approximate surface area is 151 Å². The van der Waals surface area contributed by atoms with E-state index in [0.29, 0.717) is 18.5 Å². The molecule has 0 radical (unpaired) electrons. The Morgan fingerprint density at radius 1 is 1.27 bits per heavy atom. The molecule has 132 valence electrons. The predicted octanol–water partition coefficient (Wildman–Crippen LogP) is 2.51. The Bertz CT molecular complexity index is 951. The van der Waals surface area contributed by atoms with Crippen molar-refractivity contribution in [1.82, 2.24) is 20.2 Å². The number of rotatable bonds is 4. The first-order valence-electron chi connectivity index (χ1n) is 8.65. The van der Waals surface area contributed by atoms with Gasteiger partial charge in [-0.3, -0.25) is 9.59 Å². The first kappa shape index (κ1) is 16.3. The Hall–Kier alpha value is -3.15. The van der Waals surface area contributed by atoms with Crippen molar-refractivity contribution in [3.8, 4) is 0 Å². The molecule has 1 saturated heterocycles. The number of carbonyl (C=O) groups excluding carboxylic acids is 2. The predicted molar refractivity (Wildman–Crippen MR) is 98.5 cm³/mol. The van der Waals surface area contributed by atoms with Crippen LogP contribution >= 0.6 is 0 Å². The molecule has 6 heteroatoms. The van der Waals surface area contributed by atoms with E-state index in [2.05, 4.69) is 15.3 Å². The highest BCUT2D eigenvalue weighted by Gasteiger charge is 2.38. The summed E-state index contributed by atoms with van der Waals surface area (Å²) in [5, 5.41) is 2.99. The highest BCUT2D eigenvalue weighted by molar-refractivity contribution is 5.97. The monoisotopic (exact) mass is 348 g/mol. The van der Waals surface area contributed by atoms with Crippen LogP contribution in [0, 0.1) is 5.92 Å². The molecule has 1 aromatic heterocycles. The zero-order valence-corrected chi connectivity index (χ0v) is 14.5. The van der Waals surface area contributed by atoms with E-state index in [1.165, 1.54) is 0 Å². The second-order valence-corrected chi connectivity index (χ2v) is 6.67. The maximum atomic E-state index is 12.5. The number of H-pyrrole nitrogens is 1. The molecule has 1 aliphatic heterocycles. The Balaban J connectivity index is 1.48. The summed E-state index contributed by atoms with van der Waals surface area (Å²) in [7, 11) is 1.83. The number of aromatic nitrogens is 2. The van der Waals surface area contributed by atoms with Gasteiger partial charge < -0.3 is 15.2 Å². The van der Waals surface area contributed by atoms with E-state index in [0.717, 1.165) is 16.6 Å². The van der Waals surface area contributed by atoms with Gasteiger partial charge in [-0.05, 0) is 23.8 Å². The van der Waals surface area contributed by atoms with Crippen LogP contribution in [-0.2, 0) is 4.79 Å². The number of amides is 2. The molecule has 26 heavy (non-hydrogen) atoms. The SMILES string of the molecule is CN1C(=O)C[C@@H](CNC(=O)c2ccc3nc[nH]c3c2)[C@H]1c1ccccc1. The van der Waals surface area contributed by atoms with Crippen LogP contribution in [0.1, 0.15) is 28.4 Å². The average molecular weight is 348 g/mol. The largest absolute Gasteiger partial charge is 0.352 e. The number of carbonyl (C=O) groups is 2. The molecule has 3 aromatic rings. The summed E-state index contributed by atoms with van der Waals surface area (Å²) in [6.07, 6.45) is 2.05. The Kier molecular flexibility index (Phi) is 4.16. The molecule has 6 nitrogen and oxygen atoms in total. The molecule has 1 aliphatic rings. The van der Waals surface area contributed by atoms with Gasteiger partial charge in [-0.2, -0.15) is 0 Å². The van der Waals surface area contributed by atoms with Crippen LogP contribution in [0.4, 0.5) is 0 Å². The molecule has 2 aromatic carbocycles. The lowest BCUT2D eigenvalue weighted by Crippen LogP contribution is -2.32. The van der Waals surface area contributed by atoms with Crippen LogP contribution in [0.15, 0.2) is 54.9 Å². The van der Waals surface area contributed by atoms with Crippen molar-refractivity contribution in [2.75, 3.05) is 13.6 Å². The van der Waals surface area contributed by atoms with Gasteiger partial charge in [-0.25, -0.2) is 4.98 Å². The van der Waals surface area contributed by atoms with Gasteiger partial charge in [-0.1, -0.05) is 30.3 Å². The minimum atomic E-state index is -0.143. The number of hydrogen-bond acceptors (Lipinski definition) is 3. The van der Waals surface area contributed by atoms with Crippen LogP contribution in [0.25, 0.3) is 11.0 Å². The molecule has 0 spiro atoms. The lowest BCUT2D eigenvalue weighted by molar-refractivity contribution is -0.127. The smallest absolute Gasteiger partial charge is 0.251 e. The molecule has 2 heterocycles. The Morgan fingerprint density at radius 2 is 2.08 bits per heavy atom. The van der Waals surface area contributed by atoms with E-state index in [9.17, 15) is 9.59 Å². The van der Waals surface area contributed by atoms with Crippen LogP contribution in [0.5, 0.6) is 0 Å². The molecule has 0 bridgehead atoms. The van der Waals surface area contributed by atoms with Crippen LogP contribution < -0.4 is 5.32 Å². The lowest BCUT2D eigenvalue weighted by Gasteiger charge is -2.25. The molecule has 0 aliphatic carbocycles. The number of fused-ring (bicyclic) bond motifs is 1. The summed E-state index contributed by atoms with van der Waals surface area (Å²) in [6.45, 7) is 0.454. The number of benzene rings is 2. The van der Waals surface area contributed by atoms with Gasteiger partial charge in [-0.15, -0.1) is 0 Å². The molecule has 2 amide bonds. The maximum absolute atomic E-state index is 12.5. The van der Waals surface area contributed by atoms with Crippen LogP contribution in [-0.4, -0.2) is 40.3 Å². The summed E-state index contributed by atoms with van der Waals surface area (Å²) >= 11 is 0. The number of nitrogens with zero attached hydrogens (tertiary/aromatic N) is 2. The zero-order chi connectivity index (χ0) is 18.1. The van der Waals surface area contributed by atoms with Gasteiger partial charge in [0.1, 0.15) is 0 Å². The summed E-state index contributed by atoms with van der Waals surface area (Å²) in [5.41, 5.74) is 3.33. The second-order valence-electron chi connectivity index (χ2n) is 6.67. The standard InChI is InChI=1S/C20H20N4O2/c1-24-18(25)10-15(19(24)13-5-3-2-4-6-13)11-21-20(26)14-7-8-16-17(9-14)23-12-22-16/h2-9,12,15,19H,10-11H2,1H3,(H,21,26)(H,22,23)/t15-,19+/m0/s1. The van der Waals surface area contributed by atoms with Crippen molar-refractivity contribution in [2.45, 2.75) is 12.5 Å². The first-order valence-corrected chi connectivity index (χ1v) is 8.65. The fourth-order valence-electron chi connectivity index (χ4n) is 3.68. The van der Waals surface area contributed by atoms with E-state index in [1.807, 2.05) is 43.4 Å². The lowest BCUT2D eigenvalue weighted by atomic mass is 9.93. The van der Waals surface area contributed by atoms with Crippen molar-refractivity contribution in [2.24, 2.45) is 5.92 Å². The van der Waals surface area contributed by atoms with Crippen molar-refractivity contribution < 1.29 is 9.59 Å². The molecule has 0 unspecified atom stereocenters. The zero-order valence-electron chi connectivity index (χ0n) is 14.5. The highest BCUT2D eigenvalue weighted by atomic mass is 16.2. The molecular weight excluding hydrogens is 328 g/mol. The summed E-state index contributed by atoms with van der Waals surface area (Å²) in [5.74, 6) is 0.0158. The first-order chi connectivity index (χ1) is 12.6. The molecule has 2 N–H and O–H groups in total. The topological polar surface area (TPSA) is 78.1 Å². The third kappa shape index (κ3) is 2.94. The summed E-state index contributed by atoms with van der Waals surface area (Å²) in [6, 6.07) is 15.3. The summed E-state index contributed by atoms with van der Waals surface area (Å²) in [4.78, 5) is 33.7. The molecule has 1 fully saturated rings. The number of likely N-dealkylation sites (tertiary alicyclic amines) is 1. The minimum absolute atomic E-state index is 0.0147. The fraction of sp³-hybridized carbons (Fsp3) is 0.250. The van der Waals surface area contributed by atoms with Crippen molar-refractivity contribution in [3.63, 3.8) is 0 Å². The van der Waals surface area contributed by atoms with E-state index in [-0.39, 0.29) is 23.8 Å². The van der Waals surface area contributed by atoms with Crippen LogP contribution in [0.3, 0.4) is 0 Å². The van der Waals surface area contributed by atoms with E-state index < -0.39 is 0 Å². The third-order valence-corrected chi connectivity index (χ3v) is 5.04. The van der Waals surface area contributed by atoms with Gasteiger partial charge in [0, 0.05) is 31.5 Å². The maximum Gasteiger partial charge on any atom is 0.251 e. The second kappa shape index (κ2) is 6.63. The minimum Gasteiger partial charge on any atom is -0.352 e. The van der Waals surface area contributed by atoms with E-state index in [1.54, 1.807) is 23.4 Å². The van der Waals surface area contributed by atoms with Gasteiger partial charge >= 0.3 is 0 Å². The number of aromatic amines is 1. The van der Waals surface area contributed by atoms with Crippen molar-refractivity contribution in [3.05, 3.63) is 66.0 Å². The quantitative estimate of drug-likeness (QED) is 0.760. The number of hydrogen-bond donors (Lipinski definition) is 2. The van der Waals surface area contributed by atoms with Crippen LogP contribution in [0.2, 0.25) is 0 Å². The normalized spacial score (nSPS) is 19.9. The van der Waals surface area contributed by atoms with Gasteiger partial charge in [0.15, 0.2) is 0 Å². The van der Waals surface area contributed by atoms with Gasteiger partial charge in [0.2, 0.25) is 5.91 Å². The number of nitrogens with one attached hydrogen (secondary N) is 2. The summed E-state index contributed by atoms with van der Waals surface area (Å²) < 4.78 is 0. The molecule has 0 saturated carbocycles. The fourth-order valence-corrected chi connectivity index (χ4v) is 3.68. The van der Waals surface area contributed by atoms with Gasteiger partial charge in [0.05, 0.1) is 23.4 Å². The third-order valence-electron chi connectivity index (χ3n) is 5.04. The molecule has 2 atom stereocenters. The molecular formula is C20H20N4O2.